The van der Waals surface area contributed by atoms with Crippen LogP contribution < -0.4 is 11.1 Å². The maximum Gasteiger partial charge on any atom is 0.278 e. The van der Waals surface area contributed by atoms with Crippen LogP contribution in [0.1, 0.15) is 37.4 Å². The number of hydrogen-bond acceptors (Lipinski definition) is 5. The van der Waals surface area contributed by atoms with E-state index in [9.17, 15) is 14.4 Å². The zero-order chi connectivity index (χ0) is 20.8. The quantitative estimate of drug-likeness (QED) is 0.660. The van der Waals surface area contributed by atoms with Crippen LogP contribution in [0.3, 0.4) is 0 Å². The molecule has 8 nitrogen and oxygen atoms in total. The first-order valence-corrected chi connectivity index (χ1v) is 10.4. The second-order valence-corrected chi connectivity index (χ2v) is 8.22. The van der Waals surface area contributed by atoms with E-state index in [4.69, 9.17) is 0 Å². The Morgan fingerprint density at radius 1 is 1.10 bits per heavy atom. The fourth-order valence-corrected chi connectivity index (χ4v) is 4.95. The first-order chi connectivity index (χ1) is 14.6. The lowest BCUT2D eigenvalue weighted by Gasteiger charge is -2.43. The summed E-state index contributed by atoms with van der Waals surface area (Å²) >= 11 is 0. The number of carbonyl (C=O) groups excluding carboxylic acids is 1. The van der Waals surface area contributed by atoms with E-state index < -0.39 is 6.04 Å². The van der Waals surface area contributed by atoms with Crippen LogP contribution in [0.2, 0.25) is 0 Å². The van der Waals surface area contributed by atoms with E-state index >= 15 is 0 Å². The summed E-state index contributed by atoms with van der Waals surface area (Å²) in [4.78, 5) is 40.5. The normalized spacial score (nSPS) is 21.3. The summed E-state index contributed by atoms with van der Waals surface area (Å²) < 4.78 is 3.07. The lowest BCUT2D eigenvalue weighted by Crippen LogP contribution is -2.51. The number of aromatic nitrogens is 4. The van der Waals surface area contributed by atoms with Gasteiger partial charge in [-0.1, -0.05) is 30.3 Å². The Hall–Kier alpha value is -3.29. The SMILES string of the molecule is CCC(C(=O)N1CC2CC(C1)c1cccc(=O)n1C2)n1nnc2ccccc2c1=O. The maximum atomic E-state index is 13.5. The maximum absolute atomic E-state index is 13.5. The van der Waals surface area contributed by atoms with Crippen molar-refractivity contribution in [3.8, 4) is 0 Å². The number of pyridine rings is 1. The molecule has 3 atom stereocenters. The number of rotatable bonds is 3. The Kier molecular flexibility index (Phi) is 4.49. The number of nitrogens with zero attached hydrogens (tertiary/aromatic N) is 5. The predicted molar refractivity (Wildman–Crippen MR) is 111 cm³/mol. The van der Waals surface area contributed by atoms with E-state index in [1.165, 1.54) is 4.68 Å². The molecule has 2 bridgehead atoms. The smallest absolute Gasteiger partial charge is 0.278 e. The van der Waals surface area contributed by atoms with Crippen LogP contribution in [0, 0.1) is 5.92 Å². The summed E-state index contributed by atoms with van der Waals surface area (Å²) in [6, 6.07) is 11.7. The van der Waals surface area contributed by atoms with Gasteiger partial charge in [-0.25, -0.2) is 0 Å². The summed E-state index contributed by atoms with van der Waals surface area (Å²) in [5.41, 5.74) is 1.24. The molecule has 154 valence electrons. The number of hydrogen-bond donors (Lipinski definition) is 0. The third kappa shape index (κ3) is 2.94. The molecule has 1 aromatic carbocycles. The molecular formula is C22H23N5O3. The van der Waals surface area contributed by atoms with Gasteiger partial charge in [-0.15, -0.1) is 5.10 Å². The minimum Gasteiger partial charge on any atom is -0.340 e. The van der Waals surface area contributed by atoms with Crippen LogP contribution in [-0.2, 0) is 11.3 Å². The molecule has 0 radical (unpaired) electrons. The van der Waals surface area contributed by atoms with Crippen molar-refractivity contribution >= 4 is 16.8 Å². The van der Waals surface area contributed by atoms with E-state index in [1.807, 2.05) is 22.5 Å². The Balaban J connectivity index is 1.47. The molecule has 5 rings (SSSR count). The summed E-state index contributed by atoms with van der Waals surface area (Å²) in [5, 5.41) is 8.67. The summed E-state index contributed by atoms with van der Waals surface area (Å²) in [5.74, 6) is 0.259. The van der Waals surface area contributed by atoms with E-state index in [1.54, 1.807) is 36.4 Å². The summed E-state index contributed by atoms with van der Waals surface area (Å²) in [6.07, 6.45) is 1.42. The number of fused-ring (bicyclic) bond motifs is 5. The van der Waals surface area contributed by atoms with Crippen LogP contribution in [0.4, 0.5) is 0 Å². The topological polar surface area (TPSA) is 90.1 Å². The Morgan fingerprint density at radius 2 is 1.93 bits per heavy atom. The molecule has 8 heteroatoms. The Bertz CT molecular complexity index is 1250. The highest BCUT2D eigenvalue weighted by Gasteiger charge is 2.38. The molecule has 30 heavy (non-hydrogen) atoms. The zero-order valence-electron chi connectivity index (χ0n) is 16.8. The van der Waals surface area contributed by atoms with E-state index in [-0.39, 0.29) is 28.9 Å². The van der Waals surface area contributed by atoms with Crippen molar-refractivity contribution < 1.29 is 4.79 Å². The molecule has 0 aliphatic carbocycles. The van der Waals surface area contributed by atoms with Crippen LogP contribution in [0.5, 0.6) is 0 Å². The standard InChI is InChI=1S/C22H23N5O3/c1-2-18(27-21(29)16-6-3-4-7-17(16)23-24-27)22(30)25-11-14-10-15(13-25)19-8-5-9-20(28)26(19)12-14/h3-9,14-15,18H,2,10-13H2,1H3. The molecule has 2 aliphatic rings. The highest BCUT2D eigenvalue weighted by molar-refractivity contribution is 5.81. The molecule has 0 N–H and O–H groups in total. The van der Waals surface area contributed by atoms with Gasteiger partial charge in [0.2, 0.25) is 5.91 Å². The van der Waals surface area contributed by atoms with Gasteiger partial charge in [0, 0.05) is 37.3 Å². The van der Waals surface area contributed by atoms with Crippen LogP contribution in [0.25, 0.3) is 10.9 Å². The van der Waals surface area contributed by atoms with Gasteiger partial charge in [0.05, 0.1) is 5.39 Å². The molecule has 1 saturated heterocycles. The van der Waals surface area contributed by atoms with Crippen molar-refractivity contribution in [2.75, 3.05) is 13.1 Å². The third-order valence-electron chi connectivity index (χ3n) is 6.35. The average molecular weight is 405 g/mol. The van der Waals surface area contributed by atoms with Gasteiger partial charge >= 0.3 is 0 Å². The Morgan fingerprint density at radius 3 is 2.77 bits per heavy atom. The summed E-state index contributed by atoms with van der Waals surface area (Å²) in [6.45, 7) is 3.64. The van der Waals surface area contributed by atoms with Gasteiger partial charge in [-0.3, -0.25) is 14.4 Å². The molecule has 4 heterocycles. The van der Waals surface area contributed by atoms with Crippen molar-refractivity contribution in [3.63, 3.8) is 0 Å². The van der Waals surface area contributed by atoms with Gasteiger partial charge in [-0.2, -0.15) is 4.68 Å². The van der Waals surface area contributed by atoms with E-state index in [0.29, 0.717) is 37.0 Å². The van der Waals surface area contributed by atoms with Gasteiger partial charge in [-0.05, 0) is 37.0 Å². The molecule has 1 amide bonds. The molecule has 2 aliphatic heterocycles. The second kappa shape index (κ2) is 7.19. The molecule has 0 saturated carbocycles. The number of carbonyl (C=O) groups is 1. The number of piperidine rings is 1. The average Bonchev–Trinajstić information content (AvgIpc) is 2.76. The van der Waals surface area contributed by atoms with E-state index in [2.05, 4.69) is 10.3 Å². The second-order valence-electron chi connectivity index (χ2n) is 8.22. The molecule has 3 unspecified atom stereocenters. The van der Waals surface area contributed by atoms with Crippen molar-refractivity contribution in [3.05, 3.63) is 68.9 Å². The monoisotopic (exact) mass is 405 g/mol. The predicted octanol–water partition coefficient (Wildman–Crippen LogP) is 1.55. The third-order valence-corrected chi connectivity index (χ3v) is 6.35. The number of benzene rings is 1. The first-order valence-electron chi connectivity index (χ1n) is 10.4. The molecule has 0 spiro atoms. The largest absolute Gasteiger partial charge is 0.340 e. The van der Waals surface area contributed by atoms with Crippen molar-refractivity contribution in [2.45, 2.75) is 38.3 Å². The fraction of sp³-hybridized carbons (Fsp3) is 0.409. The minimum atomic E-state index is -0.689. The van der Waals surface area contributed by atoms with Gasteiger partial charge in [0.15, 0.2) is 0 Å². The van der Waals surface area contributed by atoms with Crippen LogP contribution >= 0.6 is 0 Å². The summed E-state index contributed by atoms with van der Waals surface area (Å²) in [7, 11) is 0. The van der Waals surface area contributed by atoms with Gasteiger partial charge < -0.3 is 9.47 Å². The minimum absolute atomic E-state index is 0.0198. The highest BCUT2D eigenvalue weighted by Crippen LogP contribution is 2.35. The lowest BCUT2D eigenvalue weighted by molar-refractivity contribution is -0.138. The fourth-order valence-electron chi connectivity index (χ4n) is 4.95. The van der Waals surface area contributed by atoms with Crippen molar-refractivity contribution in [1.82, 2.24) is 24.5 Å². The van der Waals surface area contributed by atoms with Crippen LogP contribution in [-0.4, -0.2) is 43.5 Å². The number of amides is 1. The molecule has 2 aromatic heterocycles. The van der Waals surface area contributed by atoms with Gasteiger partial charge in [0.1, 0.15) is 11.6 Å². The molecular weight excluding hydrogens is 382 g/mol. The van der Waals surface area contributed by atoms with E-state index in [0.717, 1.165) is 12.1 Å². The first kappa shape index (κ1) is 18.7. The van der Waals surface area contributed by atoms with Crippen LogP contribution in [0.15, 0.2) is 52.1 Å². The molecule has 1 fully saturated rings. The highest BCUT2D eigenvalue weighted by atomic mass is 16.2. The van der Waals surface area contributed by atoms with Crippen molar-refractivity contribution in [1.29, 1.82) is 0 Å². The lowest BCUT2D eigenvalue weighted by atomic mass is 9.83. The zero-order valence-corrected chi connectivity index (χ0v) is 16.8. The Labute approximate surface area is 172 Å². The molecule has 3 aromatic rings. The van der Waals surface area contributed by atoms with Crippen molar-refractivity contribution in [2.24, 2.45) is 5.92 Å². The number of likely N-dealkylation sites (tertiary alicyclic amines) is 1. The van der Waals surface area contributed by atoms with Gasteiger partial charge in [0.25, 0.3) is 11.1 Å².